The molecule has 222 valence electrons. The van der Waals surface area contributed by atoms with Crippen LogP contribution in [0.3, 0.4) is 0 Å². The average molecular weight is 606 g/mol. The van der Waals surface area contributed by atoms with Crippen LogP contribution in [0.1, 0.15) is 48.6 Å². The highest BCUT2D eigenvalue weighted by molar-refractivity contribution is 7.88. The molecule has 12 heteroatoms. The largest absolute Gasteiger partial charge is 0.534 e. The number of esters is 1. The topological polar surface area (TPSA) is 90.0 Å². The normalized spacial score (nSPS) is 17.7. The molecule has 0 aromatic heterocycles. The standard InChI is InChI=1S/C30H27F4NO6S/c1-3-4-20-5-7-22(8-6-20)28-26(17-18-27(40-19(2)36)21-9-11-23(31)12-10-21)29(37)35(28)24-13-15-25(16-14-24)41-42(38,39)30(32,33)34/h3,5-16,26-28H,1,4,17-18H2,2H3/t26?,27-,28+/m0/s1. The summed E-state index contributed by atoms with van der Waals surface area (Å²) in [7, 11) is -5.85. The summed E-state index contributed by atoms with van der Waals surface area (Å²) in [6, 6.07) is 17.2. The van der Waals surface area contributed by atoms with E-state index in [-0.39, 0.29) is 12.3 Å². The summed E-state index contributed by atoms with van der Waals surface area (Å²) < 4.78 is 83.9. The van der Waals surface area contributed by atoms with Gasteiger partial charge in [0.05, 0.1) is 12.0 Å². The summed E-state index contributed by atoms with van der Waals surface area (Å²) in [4.78, 5) is 26.7. The third-order valence-electron chi connectivity index (χ3n) is 6.81. The summed E-state index contributed by atoms with van der Waals surface area (Å²) in [6.45, 7) is 4.99. The molecule has 1 aliphatic heterocycles. The molecular formula is C30H27F4NO6S. The van der Waals surface area contributed by atoms with E-state index < -0.39 is 51.2 Å². The minimum Gasteiger partial charge on any atom is -0.458 e. The van der Waals surface area contributed by atoms with Gasteiger partial charge in [0.25, 0.3) is 0 Å². The van der Waals surface area contributed by atoms with E-state index in [4.69, 9.17) is 4.74 Å². The van der Waals surface area contributed by atoms with Crippen LogP contribution in [-0.4, -0.2) is 25.8 Å². The van der Waals surface area contributed by atoms with Crippen molar-refractivity contribution in [2.45, 2.75) is 43.8 Å². The van der Waals surface area contributed by atoms with E-state index in [1.54, 1.807) is 6.08 Å². The molecule has 0 aliphatic carbocycles. The maximum absolute atomic E-state index is 13.5. The molecular weight excluding hydrogens is 578 g/mol. The molecule has 3 aromatic carbocycles. The van der Waals surface area contributed by atoms with Crippen molar-refractivity contribution in [3.05, 3.63) is 108 Å². The Bertz CT molecular complexity index is 1540. The summed E-state index contributed by atoms with van der Waals surface area (Å²) in [5.41, 5.74) is -2.90. The van der Waals surface area contributed by atoms with E-state index in [1.807, 2.05) is 24.3 Å². The van der Waals surface area contributed by atoms with Gasteiger partial charge in [-0.15, -0.1) is 6.58 Å². The number of hydrogen-bond donors (Lipinski definition) is 0. The van der Waals surface area contributed by atoms with Crippen LogP contribution in [0, 0.1) is 11.7 Å². The van der Waals surface area contributed by atoms with Gasteiger partial charge >= 0.3 is 21.6 Å². The fourth-order valence-electron chi connectivity index (χ4n) is 4.86. The van der Waals surface area contributed by atoms with E-state index in [0.717, 1.165) is 23.3 Å². The second kappa shape index (κ2) is 12.4. The number of carbonyl (C=O) groups is 2. The van der Waals surface area contributed by atoms with Crippen molar-refractivity contribution < 1.29 is 44.5 Å². The molecule has 1 aliphatic rings. The number of carbonyl (C=O) groups excluding carboxylic acids is 2. The number of halogens is 4. The number of β-lactam (4-membered cyclic amide) rings is 1. The van der Waals surface area contributed by atoms with Gasteiger partial charge in [-0.1, -0.05) is 42.5 Å². The summed E-state index contributed by atoms with van der Waals surface area (Å²) in [6.07, 6.45) is 2.25. The number of hydrogen-bond acceptors (Lipinski definition) is 6. The molecule has 0 radical (unpaired) electrons. The highest BCUT2D eigenvalue weighted by Gasteiger charge is 2.50. The maximum atomic E-state index is 13.5. The van der Waals surface area contributed by atoms with Crippen molar-refractivity contribution in [2.24, 2.45) is 5.92 Å². The SMILES string of the molecule is C=CCc1ccc([C@@H]2C(CC[C@H](OC(C)=O)c3ccc(F)cc3)C(=O)N2c2ccc(OS(=O)(=O)C(F)(F)F)cc2)cc1. The molecule has 1 unspecified atom stereocenters. The first kappa shape index (κ1) is 30.8. The molecule has 0 saturated carbocycles. The van der Waals surface area contributed by atoms with E-state index >= 15 is 0 Å². The lowest BCUT2D eigenvalue weighted by Crippen LogP contribution is -2.55. The van der Waals surface area contributed by atoms with E-state index in [2.05, 4.69) is 10.8 Å². The highest BCUT2D eigenvalue weighted by atomic mass is 32.2. The highest BCUT2D eigenvalue weighted by Crippen LogP contribution is 2.47. The number of anilines is 1. The van der Waals surface area contributed by atoms with Crippen molar-refractivity contribution in [3.8, 4) is 5.75 Å². The van der Waals surface area contributed by atoms with Crippen molar-refractivity contribution >= 4 is 27.7 Å². The zero-order valence-electron chi connectivity index (χ0n) is 22.4. The van der Waals surface area contributed by atoms with Gasteiger partial charge in [0.2, 0.25) is 5.91 Å². The predicted octanol–water partition coefficient (Wildman–Crippen LogP) is 6.57. The Balaban J connectivity index is 1.60. The maximum Gasteiger partial charge on any atom is 0.534 e. The van der Waals surface area contributed by atoms with Crippen LogP contribution in [0.15, 0.2) is 85.5 Å². The molecule has 1 saturated heterocycles. The zero-order valence-corrected chi connectivity index (χ0v) is 23.2. The molecule has 0 N–H and O–H groups in total. The molecule has 3 aromatic rings. The second-order valence-electron chi connectivity index (χ2n) is 9.70. The molecule has 1 amide bonds. The molecule has 42 heavy (non-hydrogen) atoms. The van der Waals surface area contributed by atoms with E-state index in [1.165, 1.54) is 48.2 Å². The van der Waals surface area contributed by atoms with Crippen LogP contribution in [0.5, 0.6) is 5.75 Å². The van der Waals surface area contributed by atoms with Crippen molar-refractivity contribution in [1.29, 1.82) is 0 Å². The van der Waals surface area contributed by atoms with Gasteiger partial charge in [-0.25, -0.2) is 4.39 Å². The summed E-state index contributed by atoms with van der Waals surface area (Å²) in [5, 5.41) is 0. The first-order valence-electron chi connectivity index (χ1n) is 12.9. The average Bonchev–Trinajstić information content (AvgIpc) is 2.92. The molecule has 4 rings (SSSR count). The first-order chi connectivity index (χ1) is 19.8. The Kier molecular flexibility index (Phi) is 9.05. The summed E-state index contributed by atoms with van der Waals surface area (Å²) in [5.74, 6) is -2.37. The van der Waals surface area contributed by atoms with Gasteiger partial charge in [0.15, 0.2) is 0 Å². The van der Waals surface area contributed by atoms with E-state index in [9.17, 15) is 35.6 Å². The molecule has 7 nitrogen and oxygen atoms in total. The smallest absolute Gasteiger partial charge is 0.458 e. The monoisotopic (exact) mass is 605 g/mol. The first-order valence-corrected chi connectivity index (χ1v) is 14.3. The number of nitrogens with zero attached hydrogens (tertiary/aromatic N) is 1. The summed E-state index contributed by atoms with van der Waals surface area (Å²) >= 11 is 0. The van der Waals surface area contributed by atoms with Crippen LogP contribution < -0.4 is 9.08 Å². The minimum atomic E-state index is -5.85. The Hall–Kier alpha value is -4.19. The molecule has 1 heterocycles. The molecule has 1 fully saturated rings. The predicted molar refractivity (Wildman–Crippen MR) is 146 cm³/mol. The lowest BCUT2D eigenvalue weighted by Gasteiger charge is -2.48. The van der Waals surface area contributed by atoms with Gasteiger partial charge in [0.1, 0.15) is 17.7 Å². The van der Waals surface area contributed by atoms with Crippen molar-refractivity contribution in [2.75, 3.05) is 4.90 Å². The Morgan fingerprint density at radius 3 is 2.19 bits per heavy atom. The Labute approximate surface area is 240 Å². The molecule has 0 spiro atoms. The van der Waals surface area contributed by atoms with Gasteiger partial charge in [-0.2, -0.15) is 21.6 Å². The lowest BCUT2D eigenvalue weighted by atomic mass is 9.78. The van der Waals surface area contributed by atoms with Gasteiger partial charge < -0.3 is 13.8 Å². The van der Waals surface area contributed by atoms with E-state index in [0.29, 0.717) is 24.1 Å². The fourth-order valence-corrected chi connectivity index (χ4v) is 5.31. The van der Waals surface area contributed by atoms with Crippen LogP contribution in [0.25, 0.3) is 0 Å². The fraction of sp³-hybridized carbons (Fsp3) is 0.267. The quantitative estimate of drug-likeness (QED) is 0.0614. The van der Waals surface area contributed by atoms with Crippen LogP contribution >= 0.6 is 0 Å². The third kappa shape index (κ3) is 6.81. The molecule has 0 bridgehead atoms. The van der Waals surface area contributed by atoms with Crippen LogP contribution in [-0.2, 0) is 30.9 Å². The molecule has 3 atom stereocenters. The number of amides is 1. The van der Waals surface area contributed by atoms with Gasteiger partial charge in [0, 0.05) is 12.6 Å². The minimum absolute atomic E-state index is 0.266. The van der Waals surface area contributed by atoms with Gasteiger partial charge in [-0.3, -0.25) is 9.59 Å². The van der Waals surface area contributed by atoms with Crippen molar-refractivity contribution in [1.82, 2.24) is 0 Å². The lowest BCUT2D eigenvalue weighted by molar-refractivity contribution is -0.147. The Morgan fingerprint density at radius 2 is 1.64 bits per heavy atom. The van der Waals surface area contributed by atoms with Crippen LogP contribution in [0.2, 0.25) is 0 Å². The number of rotatable bonds is 11. The second-order valence-corrected chi connectivity index (χ2v) is 11.2. The number of benzene rings is 3. The zero-order chi connectivity index (χ0) is 30.7. The van der Waals surface area contributed by atoms with Crippen molar-refractivity contribution in [3.63, 3.8) is 0 Å². The Morgan fingerprint density at radius 1 is 1.02 bits per heavy atom. The number of allylic oxidation sites excluding steroid dienone is 1. The third-order valence-corrected chi connectivity index (χ3v) is 7.79. The number of alkyl halides is 3. The number of ether oxygens (including phenoxy) is 1. The van der Waals surface area contributed by atoms with Crippen LogP contribution in [0.4, 0.5) is 23.2 Å². The van der Waals surface area contributed by atoms with Gasteiger partial charge in [-0.05, 0) is 72.4 Å².